The average molecular weight is 509 g/mol. The van der Waals surface area contributed by atoms with E-state index in [1.807, 2.05) is 0 Å². The lowest BCUT2D eigenvalue weighted by Gasteiger charge is -2.26. The van der Waals surface area contributed by atoms with Gasteiger partial charge in [0.25, 0.3) is 0 Å². The number of hydrogen-bond acceptors (Lipinski definition) is 2. The maximum absolute atomic E-state index is 12.7. The van der Waals surface area contributed by atoms with Crippen molar-refractivity contribution < 1.29 is 9.53 Å². The molecule has 0 aliphatic carbocycles. The highest BCUT2D eigenvalue weighted by molar-refractivity contribution is 5.69. The molecule has 0 aromatic carbocycles. The molecule has 0 saturated carbocycles. The summed E-state index contributed by atoms with van der Waals surface area (Å²) >= 11 is 0. The fourth-order valence-electron chi connectivity index (χ4n) is 5.50. The van der Waals surface area contributed by atoms with Crippen LogP contribution in [0.1, 0.15) is 201 Å². The molecule has 0 aliphatic heterocycles. The minimum absolute atomic E-state index is 0.0675. The van der Waals surface area contributed by atoms with Gasteiger partial charge in [-0.15, -0.1) is 0 Å². The lowest BCUT2D eigenvalue weighted by molar-refractivity contribution is -0.152. The zero-order valence-electron chi connectivity index (χ0n) is 25.6. The van der Waals surface area contributed by atoms with Crippen molar-refractivity contribution in [2.75, 3.05) is 0 Å². The standard InChI is InChI=1S/C34H68O2/c1-5-9-12-14-16-18-20-22-24-26-28-31-34(35)36-33(32(8-4)29-11-7-3)30-27-25-23-21-19-17-15-13-10-6-2/h32-33H,5-31H2,1-4H3. The maximum atomic E-state index is 12.7. The van der Waals surface area contributed by atoms with Gasteiger partial charge in [0.05, 0.1) is 0 Å². The van der Waals surface area contributed by atoms with Crippen LogP contribution in [0.15, 0.2) is 0 Å². The van der Waals surface area contributed by atoms with Crippen molar-refractivity contribution in [2.45, 2.75) is 207 Å². The van der Waals surface area contributed by atoms with Gasteiger partial charge in [0.1, 0.15) is 6.10 Å². The molecule has 0 bridgehead atoms. The minimum atomic E-state index is 0.0675. The molecule has 0 saturated heterocycles. The van der Waals surface area contributed by atoms with Crippen molar-refractivity contribution in [3.05, 3.63) is 0 Å². The highest BCUT2D eigenvalue weighted by Gasteiger charge is 2.23. The first kappa shape index (κ1) is 35.5. The van der Waals surface area contributed by atoms with Gasteiger partial charge in [-0.2, -0.15) is 0 Å². The molecule has 216 valence electrons. The molecular formula is C34H68O2. The molecule has 2 unspecified atom stereocenters. The highest BCUT2D eigenvalue weighted by atomic mass is 16.5. The second kappa shape index (κ2) is 29.0. The van der Waals surface area contributed by atoms with E-state index in [1.165, 1.54) is 148 Å². The number of hydrogen-bond donors (Lipinski definition) is 0. The van der Waals surface area contributed by atoms with Crippen LogP contribution in [0.5, 0.6) is 0 Å². The molecular weight excluding hydrogens is 440 g/mol. The van der Waals surface area contributed by atoms with Gasteiger partial charge in [-0.1, -0.05) is 163 Å². The first-order valence-corrected chi connectivity index (χ1v) is 16.9. The second-order valence-electron chi connectivity index (χ2n) is 11.6. The summed E-state index contributed by atoms with van der Waals surface area (Å²) in [5.74, 6) is 0.614. The smallest absolute Gasteiger partial charge is 0.306 e. The number of esters is 1. The lowest BCUT2D eigenvalue weighted by Crippen LogP contribution is -2.27. The Hall–Kier alpha value is -0.530. The van der Waals surface area contributed by atoms with Gasteiger partial charge in [0, 0.05) is 6.42 Å². The van der Waals surface area contributed by atoms with E-state index in [4.69, 9.17) is 4.74 Å². The Kier molecular flexibility index (Phi) is 28.6. The van der Waals surface area contributed by atoms with Crippen LogP contribution in [0, 0.1) is 5.92 Å². The lowest BCUT2D eigenvalue weighted by atomic mass is 9.90. The van der Waals surface area contributed by atoms with Gasteiger partial charge in [-0.3, -0.25) is 4.79 Å². The van der Waals surface area contributed by atoms with Crippen LogP contribution in [0.2, 0.25) is 0 Å². The van der Waals surface area contributed by atoms with E-state index in [0.29, 0.717) is 12.3 Å². The highest BCUT2D eigenvalue weighted by Crippen LogP contribution is 2.25. The van der Waals surface area contributed by atoms with Crippen LogP contribution in [-0.2, 0) is 9.53 Å². The van der Waals surface area contributed by atoms with E-state index in [-0.39, 0.29) is 12.1 Å². The van der Waals surface area contributed by atoms with E-state index in [0.717, 1.165) is 19.3 Å². The fraction of sp³-hybridized carbons (Fsp3) is 0.971. The summed E-state index contributed by atoms with van der Waals surface area (Å²) in [6.45, 7) is 9.11. The first-order chi connectivity index (χ1) is 17.7. The number of carbonyl (C=O) groups excluding carboxylic acids is 1. The number of carbonyl (C=O) groups is 1. The fourth-order valence-corrected chi connectivity index (χ4v) is 5.50. The summed E-state index contributed by atoms with van der Waals surface area (Å²) in [7, 11) is 0. The SMILES string of the molecule is CCCCCCCCCCCCCC(=O)OC(CCCCCCCCCCCC)C(CC)CCCC. The predicted molar refractivity (Wildman–Crippen MR) is 161 cm³/mol. The number of unbranched alkanes of at least 4 members (excludes halogenated alkanes) is 20. The molecule has 0 heterocycles. The van der Waals surface area contributed by atoms with Gasteiger partial charge in [0.2, 0.25) is 0 Å². The van der Waals surface area contributed by atoms with Crippen LogP contribution in [0.4, 0.5) is 0 Å². The molecule has 0 radical (unpaired) electrons. The molecule has 0 amide bonds. The van der Waals surface area contributed by atoms with Crippen LogP contribution >= 0.6 is 0 Å². The predicted octanol–water partition coefficient (Wildman–Crippen LogP) is 12.1. The van der Waals surface area contributed by atoms with Crippen LogP contribution < -0.4 is 0 Å². The minimum Gasteiger partial charge on any atom is -0.462 e. The van der Waals surface area contributed by atoms with Crippen molar-refractivity contribution in [3.63, 3.8) is 0 Å². The Balaban J connectivity index is 4.06. The average Bonchev–Trinajstić information content (AvgIpc) is 2.88. The molecule has 0 aliphatic rings. The van der Waals surface area contributed by atoms with Gasteiger partial charge >= 0.3 is 5.97 Å². The Morgan fingerprint density at radius 2 is 0.861 bits per heavy atom. The molecule has 0 fully saturated rings. The Morgan fingerprint density at radius 1 is 0.472 bits per heavy atom. The maximum Gasteiger partial charge on any atom is 0.306 e. The third kappa shape index (κ3) is 23.8. The second-order valence-corrected chi connectivity index (χ2v) is 11.6. The van der Waals surface area contributed by atoms with Crippen LogP contribution in [0.25, 0.3) is 0 Å². The van der Waals surface area contributed by atoms with Crippen molar-refractivity contribution in [1.82, 2.24) is 0 Å². The van der Waals surface area contributed by atoms with Crippen LogP contribution in [-0.4, -0.2) is 12.1 Å². The van der Waals surface area contributed by atoms with E-state index >= 15 is 0 Å². The number of ether oxygens (including phenoxy) is 1. The summed E-state index contributed by atoms with van der Waals surface area (Å²) in [6, 6.07) is 0. The zero-order chi connectivity index (χ0) is 26.5. The van der Waals surface area contributed by atoms with E-state index < -0.39 is 0 Å². The summed E-state index contributed by atoms with van der Waals surface area (Å²) in [5, 5.41) is 0. The molecule has 0 spiro atoms. The summed E-state index contributed by atoms with van der Waals surface area (Å²) in [4.78, 5) is 12.7. The molecule has 2 nitrogen and oxygen atoms in total. The van der Waals surface area contributed by atoms with Crippen molar-refractivity contribution in [1.29, 1.82) is 0 Å². The Labute approximate surface area is 228 Å². The van der Waals surface area contributed by atoms with Gasteiger partial charge in [-0.05, 0) is 38.0 Å². The van der Waals surface area contributed by atoms with Crippen molar-refractivity contribution in [2.24, 2.45) is 5.92 Å². The third-order valence-electron chi connectivity index (χ3n) is 8.09. The first-order valence-electron chi connectivity index (χ1n) is 16.9. The quantitative estimate of drug-likeness (QED) is 0.0741. The molecule has 0 rings (SSSR count). The molecule has 36 heavy (non-hydrogen) atoms. The Morgan fingerprint density at radius 3 is 1.28 bits per heavy atom. The van der Waals surface area contributed by atoms with Crippen molar-refractivity contribution in [3.8, 4) is 0 Å². The molecule has 2 heteroatoms. The van der Waals surface area contributed by atoms with E-state index in [2.05, 4.69) is 27.7 Å². The monoisotopic (exact) mass is 509 g/mol. The summed E-state index contributed by atoms with van der Waals surface area (Å²) in [6.07, 6.45) is 34.8. The summed E-state index contributed by atoms with van der Waals surface area (Å²) in [5.41, 5.74) is 0. The molecule has 2 atom stereocenters. The van der Waals surface area contributed by atoms with E-state index in [9.17, 15) is 4.79 Å². The zero-order valence-corrected chi connectivity index (χ0v) is 25.6. The normalized spacial score (nSPS) is 13.1. The van der Waals surface area contributed by atoms with E-state index in [1.54, 1.807) is 0 Å². The molecule has 0 aromatic heterocycles. The number of rotatable bonds is 29. The Bertz CT molecular complexity index is 433. The summed E-state index contributed by atoms with van der Waals surface area (Å²) < 4.78 is 6.14. The molecule has 0 N–H and O–H groups in total. The van der Waals surface area contributed by atoms with Gasteiger partial charge in [-0.25, -0.2) is 0 Å². The third-order valence-corrected chi connectivity index (χ3v) is 8.09. The topological polar surface area (TPSA) is 26.3 Å². The largest absolute Gasteiger partial charge is 0.462 e. The van der Waals surface area contributed by atoms with Gasteiger partial charge in [0.15, 0.2) is 0 Å². The van der Waals surface area contributed by atoms with Gasteiger partial charge < -0.3 is 4.74 Å². The van der Waals surface area contributed by atoms with Crippen molar-refractivity contribution >= 4 is 5.97 Å². The molecule has 0 aromatic rings. The van der Waals surface area contributed by atoms with Crippen LogP contribution in [0.3, 0.4) is 0 Å².